The lowest BCUT2D eigenvalue weighted by atomic mass is 10.1. The van der Waals surface area contributed by atoms with Crippen LogP contribution in [0.4, 0.5) is 0 Å². The van der Waals surface area contributed by atoms with Crippen molar-refractivity contribution in [2.45, 2.75) is 38.8 Å². The van der Waals surface area contributed by atoms with Crippen LogP contribution in [0.25, 0.3) is 0 Å². The van der Waals surface area contributed by atoms with Gasteiger partial charge in [0.25, 0.3) is 11.8 Å². The second-order valence-corrected chi connectivity index (χ2v) is 8.18. The van der Waals surface area contributed by atoms with E-state index in [0.717, 1.165) is 23.9 Å². The Hall–Kier alpha value is -2.34. The maximum atomic E-state index is 12.8. The highest BCUT2D eigenvalue weighted by atomic mass is 79.9. The van der Waals surface area contributed by atoms with Crippen molar-refractivity contribution in [2.24, 2.45) is 0 Å². The van der Waals surface area contributed by atoms with Gasteiger partial charge in [-0.25, -0.2) is 0 Å². The first-order valence-corrected chi connectivity index (χ1v) is 10.3. The number of nitrogens with one attached hydrogen (secondary N) is 1. The molecule has 1 atom stereocenters. The summed E-state index contributed by atoms with van der Waals surface area (Å²) in [7, 11) is 0. The number of carbonyl (C=O) groups is 2. The lowest BCUT2D eigenvalue weighted by Gasteiger charge is -2.25. The molecule has 148 valence electrons. The molecule has 1 heterocycles. The van der Waals surface area contributed by atoms with Crippen molar-refractivity contribution in [1.82, 2.24) is 10.2 Å². The maximum absolute atomic E-state index is 12.8. The van der Waals surface area contributed by atoms with E-state index in [-0.39, 0.29) is 23.9 Å². The molecule has 28 heavy (non-hydrogen) atoms. The fourth-order valence-electron chi connectivity index (χ4n) is 3.28. The van der Waals surface area contributed by atoms with Gasteiger partial charge in [0, 0.05) is 28.2 Å². The first kappa shape index (κ1) is 20.4. The van der Waals surface area contributed by atoms with E-state index in [1.54, 1.807) is 24.3 Å². The van der Waals surface area contributed by atoms with Gasteiger partial charge in [0.15, 0.2) is 0 Å². The molecule has 0 bridgehead atoms. The molecule has 1 aliphatic heterocycles. The van der Waals surface area contributed by atoms with Crippen LogP contribution in [0.2, 0.25) is 0 Å². The maximum Gasteiger partial charge on any atom is 0.254 e. The molecule has 2 aromatic rings. The van der Waals surface area contributed by atoms with Crippen LogP contribution in [0.5, 0.6) is 5.75 Å². The first-order chi connectivity index (χ1) is 13.4. The lowest BCUT2D eigenvalue weighted by molar-refractivity contribution is 0.0691. The Morgan fingerprint density at radius 3 is 2.39 bits per heavy atom. The van der Waals surface area contributed by atoms with E-state index in [0.29, 0.717) is 23.5 Å². The Labute approximate surface area is 174 Å². The largest absolute Gasteiger partial charge is 0.491 e. The molecule has 1 fully saturated rings. The topological polar surface area (TPSA) is 58.6 Å². The Morgan fingerprint density at radius 2 is 1.75 bits per heavy atom. The number of hydrogen-bond acceptors (Lipinski definition) is 3. The Kier molecular flexibility index (Phi) is 6.73. The molecule has 2 aromatic carbocycles. The number of ether oxygens (including phenoxy) is 1. The normalized spacial score (nSPS) is 16.3. The minimum Gasteiger partial charge on any atom is -0.491 e. The van der Waals surface area contributed by atoms with Crippen LogP contribution in [0.1, 0.15) is 47.4 Å². The zero-order valence-corrected chi connectivity index (χ0v) is 17.7. The van der Waals surface area contributed by atoms with Crippen molar-refractivity contribution >= 4 is 27.7 Å². The molecule has 0 spiro atoms. The molecular formula is C22H25BrN2O3. The number of likely N-dealkylation sites (tertiary alicyclic amines) is 1. The smallest absolute Gasteiger partial charge is 0.254 e. The minimum atomic E-state index is -0.0939. The van der Waals surface area contributed by atoms with Crippen molar-refractivity contribution < 1.29 is 14.3 Å². The number of amides is 2. The first-order valence-electron chi connectivity index (χ1n) is 9.54. The van der Waals surface area contributed by atoms with E-state index in [4.69, 9.17) is 4.74 Å². The number of benzene rings is 2. The Bertz CT molecular complexity index is 819. The van der Waals surface area contributed by atoms with Gasteiger partial charge >= 0.3 is 0 Å². The summed E-state index contributed by atoms with van der Waals surface area (Å²) in [5.74, 6) is 0.645. The zero-order chi connectivity index (χ0) is 20.1. The summed E-state index contributed by atoms with van der Waals surface area (Å²) in [6.45, 7) is 5.05. The molecule has 1 saturated heterocycles. The average Bonchev–Trinajstić information content (AvgIpc) is 3.15. The van der Waals surface area contributed by atoms with Crippen LogP contribution in [-0.2, 0) is 0 Å². The molecule has 1 aliphatic rings. The van der Waals surface area contributed by atoms with Crippen LogP contribution in [0.15, 0.2) is 53.0 Å². The average molecular weight is 445 g/mol. The standard InChI is InChI=1S/C22H25BrN2O3/c1-15(2)24-21(26)16-7-11-20(12-8-16)28-14-19-4-3-13-25(19)22(27)17-5-9-18(23)10-6-17/h5-12,15,19H,3-4,13-14H2,1-2H3,(H,24,26)/t19-/m0/s1. The van der Waals surface area contributed by atoms with Crippen molar-refractivity contribution in [3.8, 4) is 5.75 Å². The SMILES string of the molecule is CC(C)NC(=O)c1ccc(OC[C@@H]2CCCN2C(=O)c2ccc(Br)cc2)cc1. The molecule has 5 nitrogen and oxygen atoms in total. The summed E-state index contributed by atoms with van der Waals surface area (Å²) in [4.78, 5) is 26.7. The third-order valence-electron chi connectivity index (χ3n) is 4.71. The van der Waals surface area contributed by atoms with Gasteiger partial charge in [0.1, 0.15) is 12.4 Å². The predicted molar refractivity (Wildman–Crippen MR) is 113 cm³/mol. The second kappa shape index (κ2) is 9.24. The van der Waals surface area contributed by atoms with Gasteiger partial charge in [-0.15, -0.1) is 0 Å². The van der Waals surface area contributed by atoms with Crippen molar-refractivity contribution in [3.63, 3.8) is 0 Å². The van der Waals surface area contributed by atoms with E-state index in [9.17, 15) is 9.59 Å². The number of rotatable bonds is 6. The molecule has 0 aromatic heterocycles. The molecular weight excluding hydrogens is 420 g/mol. The summed E-state index contributed by atoms with van der Waals surface area (Å²) in [5, 5.41) is 2.87. The van der Waals surface area contributed by atoms with Gasteiger partial charge in [0.2, 0.25) is 0 Å². The predicted octanol–water partition coefficient (Wildman–Crippen LogP) is 4.27. The quantitative estimate of drug-likeness (QED) is 0.723. The highest BCUT2D eigenvalue weighted by Crippen LogP contribution is 2.22. The van der Waals surface area contributed by atoms with E-state index in [1.807, 2.05) is 43.0 Å². The number of nitrogens with zero attached hydrogens (tertiary/aromatic N) is 1. The van der Waals surface area contributed by atoms with E-state index < -0.39 is 0 Å². The highest BCUT2D eigenvalue weighted by Gasteiger charge is 2.29. The van der Waals surface area contributed by atoms with Gasteiger partial charge in [-0.3, -0.25) is 9.59 Å². The Morgan fingerprint density at radius 1 is 1.11 bits per heavy atom. The zero-order valence-electron chi connectivity index (χ0n) is 16.2. The third-order valence-corrected chi connectivity index (χ3v) is 5.24. The molecule has 2 amide bonds. The van der Waals surface area contributed by atoms with Crippen molar-refractivity contribution in [2.75, 3.05) is 13.2 Å². The number of carbonyl (C=O) groups excluding carboxylic acids is 2. The Balaban J connectivity index is 1.58. The monoisotopic (exact) mass is 444 g/mol. The molecule has 0 radical (unpaired) electrons. The van der Waals surface area contributed by atoms with Crippen LogP contribution >= 0.6 is 15.9 Å². The van der Waals surface area contributed by atoms with Gasteiger partial charge < -0.3 is 15.0 Å². The van der Waals surface area contributed by atoms with Gasteiger partial charge in [-0.1, -0.05) is 15.9 Å². The molecule has 0 aliphatic carbocycles. The third kappa shape index (κ3) is 5.13. The minimum absolute atomic E-state index is 0.0410. The van der Waals surface area contributed by atoms with Crippen LogP contribution in [-0.4, -0.2) is 41.9 Å². The number of hydrogen-bond donors (Lipinski definition) is 1. The van der Waals surface area contributed by atoms with Crippen molar-refractivity contribution in [3.05, 3.63) is 64.1 Å². The summed E-state index contributed by atoms with van der Waals surface area (Å²) in [6.07, 6.45) is 1.90. The fraction of sp³-hybridized carbons (Fsp3) is 0.364. The van der Waals surface area contributed by atoms with Crippen molar-refractivity contribution in [1.29, 1.82) is 0 Å². The molecule has 3 rings (SSSR count). The fourth-order valence-corrected chi connectivity index (χ4v) is 3.54. The van der Waals surface area contributed by atoms with Crippen LogP contribution in [0.3, 0.4) is 0 Å². The van der Waals surface area contributed by atoms with Crippen LogP contribution < -0.4 is 10.1 Å². The number of halogens is 1. The highest BCUT2D eigenvalue weighted by molar-refractivity contribution is 9.10. The van der Waals surface area contributed by atoms with E-state index >= 15 is 0 Å². The second-order valence-electron chi connectivity index (χ2n) is 7.27. The molecule has 0 saturated carbocycles. The summed E-state index contributed by atoms with van der Waals surface area (Å²) in [6, 6.07) is 14.7. The molecule has 6 heteroatoms. The molecule has 0 unspecified atom stereocenters. The summed E-state index contributed by atoms with van der Waals surface area (Å²) in [5.41, 5.74) is 1.30. The van der Waals surface area contributed by atoms with Gasteiger partial charge in [-0.05, 0) is 75.2 Å². The van der Waals surface area contributed by atoms with Gasteiger partial charge in [0.05, 0.1) is 6.04 Å². The summed E-state index contributed by atoms with van der Waals surface area (Å²) < 4.78 is 6.86. The summed E-state index contributed by atoms with van der Waals surface area (Å²) >= 11 is 3.40. The van der Waals surface area contributed by atoms with Crippen LogP contribution in [0, 0.1) is 0 Å². The molecule has 1 N–H and O–H groups in total. The van der Waals surface area contributed by atoms with Gasteiger partial charge in [-0.2, -0.15) is 0 Å². The van der Waals surface area contributed by atoms with E-state index in [1.165, 1.54) is 0 Å². The lowest BCUT2D eigenvalue weighted by Crippen LogP contribution is -2.39. The van der Waals surface area contributed by atoms with E-state index in [2.05, 4.69) is 21.2 Å².